The highest BCUT2D eigenvalue weighted by Crippen LogP contribution is 2.62. The van der Waals surface area contributed by atoms with Gasteiger partial charge in [0.2, 0.25) is 23.7 Å². The summed E-state index contributed by atoms with van der Waals surface area (Å²) in [6.07, 6.45) is 22.6. The molecular formula is C48H84Cl4N10O5. The van der Waals surface area contributed by atoms with E-state index in [9.17, 15) is 9.59 Å². The third kappa shape index (κ3) is 13.5. The molecule has 0 unspecified atom stereocenters. The van der Waals surface area contributed by atoms with E-state index in [1.165, 1.54) is 38.5 Å². The lowest BCUT2D eigenvalue weighted by molar-refractivity contribution is -0.160. The van der Waals surface area contributed by atoms with E-state index < -0.39 is 0 Å². The Labute approximate surface area is 425 Å². The fourth-order valence-corrected chi connectivity index (χ4v) is 14.3. The number of piperazine rings is 2. The van der Waals surface area contributed by atoms with E-state index >= 15 is 0 Å². The number of carbonyl (C=O) groups is 2. The summed E-state index contributed by atoms with van der Waals surface area (Å²) in [5, 5.41) is 0. The van der Waals surface area contributed by atoms with Gasteiger partial charge in [0.05, 0.1) is 10.8 Å². The molecule has 2 aliphatic heterocycles. The second-order valence-electron chi connectivity index (χ2n) is 21.3. The van der Waals surface area contributed by atoms with E-state index in [4.69, 9.17) is 0 Å². The minimum absolute atomic E-state index is 0. The van der Waals surface area contributed by atoms with Crippen molar-refractivity contribution in [1.29, 1.82) is 0 Å². The molecule has 2 aromatic rings. The van der Waals surface area contributed by atoms with E-state index in [0.717, 1.165) is 164 Å². The molecule has 0 spiro atoms. The predicted molar refractivity (Wildman–Crippen MR) is 276 cm³/mol. The van der Waals surface area contributed by atoms with Crippen LogP contribution in [0.25, 0.3) is 0 Å². The van der Waals surface area contributed by atoms with Gasteiger partial charge in [-0.05, 0) is 152 Å². The van der Waals surface area contributed by atoms with Gasteiger partial charge in [0.25, 0.3) is 0 Å². The molecule has 0 aromatic carbocycles. The molecular weight excluding hydrogens is 938 g/mol. The zero-order valence-corrected chi connectivity index (χ0v) is 43.7. The quantitative estimate of drug-likeness (QED) is 0.268. The number of hydrogen-bond donors (Lipinski definition) is 0. The van der Waals surface area contributed by atoms with E-state index in [1.54, 1.807) is 0 Å². The fraction of sp³-hybridized carbons (Fsp3) is 0.792. The molecule has 67 heavy (non-hydrogen) atoms. The van der Waals surface area contributed by atoms with Gasteiger partial charge in [-0.1, -0.05) is 0 Å². The molecule has 8 aliphatic carbocycles. The molecule has 384 valence electrons. The molecule has 0 atom stereocenters. The molecule has 2 saturated heterocycles. The van der Waals surface area contributed by atoms with Gasteiger partial charge in [0.1, 0.15) is 0 Å². The maximum Gasteiger partial charge on any atom is 0.229 e. The van der Waals surface area contributed by atoms with Crippen molar-refractivity contribution in [3.05, 3.63) is 36.9 Å². The fourth-order valence-electron chi connectivity index (χ4n) is 14.3. The molecule has 12 rings (SSSR count). The summed E-state index contributed by atoms with van der Waals surface area (Å²) >= 11 is 0. The standard InChI is InChI=1S/2C24H37N5O.4ClH.3H2O/c2*1-18(2)29(22(30)24-15-19-12-20(16-24)14-21(13-19)17-24)11-8-27-6-9-28(10-7-27)23-25-4-3-5-26-23;;;;;;;/h2*3-5,18-21H,6-17H2,1-2H3;4*1H;3*1H2. The average molecular weight is 1020 g/mol. The van der Waals surface area contributed by atoms with Crippen molar-refractivity contribution < 1.29 is 26.0 Å². The number of halogens is 4. The molecule has 8 saturated carbocycles. The number of rotatable bonds is 12. The lowest BCUT2D eigenvalue weighted by Gasteiger charge is -2.57. The zero-order valence-electron chi connectivity index (χ0n) is 40.5. The topological polar surface area (TPSA) is 200 Å². The van der Waals surface area contributed by atoms with Gasteiger partial charge in [0, 0.05) is 115 Å². The summed E-state index contributed by atoms with van der Waals surface area (Å²) in [5.74, 6) is 7.55. The summed E-state index contributed by atoms with van der Waals surface area (Å²) < 4.78 is 0. The Kier molecular flexibility index (Phi) is 23.8. The Morgan fingerprint density at radius 1 is 0.493 bits per heavy atom. The average Bonchev–Trinajstić information content (AvgIpc) is 3.24. The van der Waals surface area contributed by atoms with Crippen LogP contribution >= 0.6 is 49.6 Å². The molecule has 4 heterocycles. The highest BCUT2D eigenvalue weighted by molar-refractivity contribution is 5.86. The van der Waals surface area contributed by atoms with Gasteiger partial charge in [-0.2, -0.15) is 0 Å². The van der Waals surface area contributed by atoms with Crippen molar-refractivity contribution in [3.8, 4) is 0 Å². The molecule has 2 amide bonds. The van der Waals surface area contributed by atoms with Crippen LogP contribution in [-0.2, 0) is 9.59 Å². The highest BCUT2D eigenvalue weighted by atomic mass is 35.5. The minimum atomic E-state index is -0.0254. The van der Waals surface area contributed by atoms with Crippen molar-refractivity contribution in [2.75, 3.05) is 88.3 Å². The lowest BCUT2D eigenvalue weighted by atomic mass is 9.49. The van der Waals surface area contributed by atoms with Crippen molar-refractivity contribution in [2.24, 2.45) is 46.3 Å². The second-order valence-corrected chi connectivity index (χ2v) is 21.3. The first-order valence-corrected chi connectivity index (χ1v) is 24.2. The molecule has 6 N–H and O–H groups in total. The zero-order chi connectivity index (χ0) is 41.4. The van der Waals surface area contributed by atoms with Crippen LogP contribution < -0.4 is 9.80 Å². The van der Waals surface area contributed by atoms with Crippen LogP contribution in [-0.4, -0.2) is 158 Å². The van der Waals surface area contributed by atoms with Crippen LogP contribution in [0, 0.1) is 46.3 Å². The van der Waals surface area contributed by atoms with Crippen molar-refractivity contribution in [1.82, 2.24) is 39.5 Å². The Bertz CT molecular complexity index is 1580. The normalized spacial score (nSPS) is 29.8. The molecule has 10 fully saturated rings. The smallest absolute Gasteiger partial charge is 0.229 e. The summed E-state index contributed by atoms with van der Waals surface area (Å²) in [6.45, 7) is 20.3. The first-order chi connectivity index (χ1) is 29.0. The third-order valence-corrected chi connectivity index (χ3v) is 16.5. The van der Waals surface area contributed by atoms with Gasteiger partial charge < -0.3 is 36.0 Å². The molecule has 19 heteroatoms. The van der Waals surface area contributed by atoms with Crippen molar-refractivity contribution in [3.63, 3.8) is 0 Å². The lowest BCUT2D eigenvalue weighted by Crippen LogP contribution is -2.57. The van der Waals surface area contributed by atoms with Gasteiger partial charge in [-0.3, -0.25) is 19.4 Å². The van der Waals surface area contributed by atoms with Crippen LogP contribution in [0.15, 0.2) is 36.9 Å². The molecule has 8 bridgehead atoms. The van der Waals surface area contributed by atoms with Crippen LogP contribution in [0.5, 0.6) is 0 Å². The van der Waals surface area contributed by atoms with Crippen LogP contribution in [0.2, 0.25) is 0 Å². The molecule has 2 aromatic heterocycles. The minimum Gasteiger partial charge on any atom is -0.412 e. The predicted octanol–water partition coefficient (Wildman–Crippen LogP) is 5.32. The van der Waals surface area contributed by atoms with E-state index in [2.05, 4.69) is 77.0 Å². The van der Waals surface area contributed by atoms with Gasteiger partial charge in [-0.15, -0.1) is 49.6 Å². The molecule has 10 aliphatic rings. The maximum atomic E-state index is 13.8. The summed E-state index contributed by atoms with van der Waals surface area (Å²) in [7, 11) is 0. The SMILES string of the molecule is CC(C)N(CCN1CCN(c2ncccn2)CC1)C(=O)C12CC3CC(CC(C3)C1)C2.CC(C)N(CCN1CCN(c2ncccn2)CC1)C(=O)C12CC3CC(CC(C3)C1)C2.Cl.Cl.Cl.Cl.O.O.O. The second kappa shape index (κ2) is 26.2. The number of hydrogen-bond acceptors (Lipinski definition) is 10. The highest BCUT2D eigenvalue weighted by Gasteiger charge is 2.57. The first kappa shape index (κ1) is 60.8. The molecule has 15 nitrogen and oxygen atoms in total. The van der Waals surface area contributed by atoms with E-state index in [-0.39, 0.29) is 89.0 Å². The van der Waals surface area contributed by atoms with Crippen LogP contribution in [0.4, 0.5) is 11.9 Å². The Morgan fingerprint density at radius 3 is 0.985 bits per heavy atom. The number of aromatic nitrogens is 4. The summed E-state index contributed by atoms with van der Waals surface area (Å²) in [5.41, 5.74) is -0.0509. The Balaban J connectivity index is 0.000000417. The Morgan fingerprint density at radius 2 is 0.746 bits per heavy atom. The summed E-state index contributed by atoms with van der Waals surface area (Å²) in [4.78, 5) is 59.2. The number of nitrogens with zero attached hydrogens (tertiary/aromatic N) is 10. The van der Waals surface area contributed by atoms with Gasteiger partial charge >= 0.3 is 0 Å². The van der Waals surface area contributed by atoms with E-state index in [1.807, 2.05) is 36.9 Å². The summed E-state index contributed by atoms with van der Waals surface area (Å²) in [6, 6.07) is 4.29. The van der Waals surface area contributed by atoms with Crippen molar-refractivity contribution >= 4 is 73.3 Å². The van der Waals surface area contributed by atoms with Gasteiger partial charge in [0.15, 0.2) is 0 Å². The van der Waals surface area contributed by atoms with Crippen LogP contribution in [0.3, 0.4) is 0 Å². The third-order valence-electron chi connectivity index (χ3n) is 16.5. The van der Waals surface area contributed by atoms with E-state index in [0.29, 0.717) is 11.8 Å². The van der Waals surface area contributed by atoms with Crippen LogP contribution in [0.1, 0.15) is 105 Å². The maximum absolute atomic E-state index is 13.8. The molecule has 0 radical (unpaired) electrons. The number of carbonyl (C=O) groups excluding carboxylic acids is 2. The van der Waals surface area contributed by atoms with Gasteiger partial charge in [-0.25, -0.2) is 19.9 Å². The largest absolute Gasteiger partial charge is 0.412 e. The monoisotopic (exact) mass is 1020 g/mol. The van der Waals surface area contributed by atoms with Crippen molar-refractivity contribution in [2.45, 2.75) is 117 Å². The number of amides is 2. The number of anilines is 2. The Hall–Kier alpha value is -2.34. The first-order valence-electron chi connectivity index (χ1n) is 24.2.